The summed E-state index contributed by atoms with van der Waals surface area (Å²) in [7, 11) is 0. The highest BCUT2D eigenvalue weighted by Gasteiger charge is 2.04. The molecule has 0 saturated carbocycles. The molecule has 0 aromatic carbocycles. The maximum atomic E-state index is 9.03. The van der Waals surface area contributed by atoms with Gasteiger partial charge in [-0.15, -0.1) is 0 Å². The van der Waals surface area contributed by atoms with Gasteiger partial charge in [0.25, 0.3) is 0 Å². The predicted molar refractivity (Wildman–Crippen MR) is 53.6 cm³/mol. The quantitative estimate of drug-likeness (QED) is 0.827. The van der Waals surface area contributed by atoms with Crippen molar-refractivity contribution in [3.8, 4) is 0 Å². The SMILES string of the molecule is Cc1cc(Br)cn2c(CO)cnc12. The van der Waals surface area contributed by atoms with Gasteiger partial charge in [-0.3, -0.25) is 0 Å². The summed E-state index contributed by atoms with van der Waals surface area (Å²) in [5.74, 6) is 0. The Balaban J connectivity index is 2.82. The fourth-order valence-corrected chi connectivity index (χ4v) is 1.93. The van der Waals surface area contributed by atoms with Crippen LogP contribution < -0.4 is 0 Å². The number of aliphatic hydroxyl groups is 1. The molecule has 0 aliphatic carbocycles. The first-order valence-electron chi connectivity index (χ1n) is 3.95. The lowest BCUT2D eigenvalue weighted by Gasteiger charge is -2.01. The smallest absolute Gasteiger partial charge is 0.139 e. The van der Waals surface area contributed by atoms with Crippen molar-refractivity contribution < 1.29 is 5.11 Å². The van der Waals surface area contributed by atoms with Crippen LogP contribution >= 0.6 is 15.9 Å². The molecule has 13 heavy (non-hydrogen) atoms. The van der Waals surface area contributed by atoms with E-state index in [0.717, 1.165) is 21.4 Å². The average Bonchev–Trinajstić information content (AvgIpc) is 2.47. The first kappa shape index (κ1) is 8.72. The molecule has 3 nitrogen and oxygen atoms in total. The third-order valence-electron chi connectivity index (χ3n) is 2.00. The van der Waals surface area contributed by atoms with E-state index in [0.29, 0.717) is 0 Å². The van der Waals surface area contributed by atoms with E-state index in [-0.39, 0.29) is 6.61 Å². The summed E-state index contributed by atoms with van der Waals surface area (Å²) >= 11 is 3.40. The molecule has 0 amide bonds. The van der Waals surface area contributed by atoms with E-state index in [1.165, 1.54) is 0 Å². The normalized spacial score (nSPS) is 11.0. The van der Waals surface area contributed by atoms with Gasteiger partial charge in [-0.05, 0) is 34.5 Å². The van der Waals surface area contributed by atoms with Crippen LogP contribution in [0.5, 0.6) is 0 Å². The maximum absolute atomic E-state index is 9.03. The van der Waals surface area contributed by atoms with E-state index < -0.39 is 0 Å². The van der Waals surface area contributed by atoms with Gasteiger partial charge >= 0.3 is 0 Å². The number of nitrogens with zero attached hydrogens (tertiary/aromatic N) is 2. The van der Waals surface area contributed by atoms with Crippen LogP contribution in [0.4, 0.5) is 0 Å². The third kappa shape index (κ3) is 1.36. The third-order valence-corrected chi connectivity index (χ3v) is 2.43. The first-order chi connectivity index (χ1) is 6.22. The predicted octanol–water partition coefficient (Wildman–Crippen LogP) is 1.90. The van der Waals surface area contributed by atoms with Gasteiger partial charge in [0.05, 0.1) is 18.5 Å². The van der Waals surface area contributed by atoms with Crippen molar-refractivity contribution in [1.82, 2.24) is 9.38 Å². The number of halogens is 1. The van der Waals surface area contributed by atoms with Crippen LogP contribution in [0.15, 0.2) is 22.9 Å². The molecule has 2 aromatic heterocycles. The molecule has 68 valence electrons. The highest BCUT2D eigenvalue weighted by atomic mass is 79.9. The lowest BCUT2D eigenvalue weighted by molar-refractivity contribution is 0.276. The van der Waals surface area contributed by atoms with Gasteiger partial charge in [0.2, 0.25) is 0 Å². The number of imidazole rings is 1. The molecule has 0 atom stereocenters. The van der Waals surface area contributed by atoms with Crippen LogP contribution in [0, 0.1) is 6.92 Å². The zero-order chi connectivity index (χ0) is 9.42. The average molecular weight is 241 g/mol. The zero-order valence-electron chi connectivity index (χ0n) is 7.16. The Kier molecular flexibility index (Phi) is 2.09. The van der Waals surface area contributed by atoms with Crippen LogP contribution in [-0.4, -0.2) is 14.5 Å². The lowest BCUT2D eigenvalue weighted by atomic mass is 10.3. The number of pyridine rings is 1. The summed E-state index contributed by atoms with van der Waals surface area (Å²) in [4.78, 5) is 4.21. The second kappa shape index (κ2) is 3.12. The summed E-state index contributed by atoms with van der Waals surface area (Å²) in [5.41, 5.74) is 2.79. The minimum Gasteiger partial charge on any atom is -0.390 e. The van der Waals surface area contributed by atoms with Crippen LogP contribution in [0.2, 0.25) is 0 Å². The van der Waals surface area contributed by atoms with Gasteiger partial charge in [0, 0.05) is 10.7 Å². The van der Waals surface area contributed by atoms with Crippen molar-refractivity contribution in [2.75, 3.05) is 0 Å². The molecule has 4 heteroatoms. The summed E-state index contributed by atoms with van der Waals surface area (Å²) in [6, 6.07) is 2.00. The number of fused-ring (bicyclic) bond motifs is 1. The highest BCUT2D eigenvalue weighted by Crippen LogP contribution is 2.17. The molecule has 0 spiro atoms. The van der Waals surface area contributed by atoms with Gasteiger partial charge in [-0.25, -0.2) is 4.98 Å². The first-order valence-corrected chi connectivity index (χ1v) is 4.74. The van der Waals surface area contributed by atoms with Crippen molar-refractivity contribution >= 4 is 21.6 Å². The van der Waals surface area contributed by atoms with E-state index in [1.54, 1.807) is 6.20 Å². The molecule has 0 bridgehead atoms. The van der Waals surface area contributed by atoms with Crippen molar-refractivity contribution in [1.29, 1.82) is 0 Å². The Hall–Kier alpha value is -0.870. The Morgan fingerprint density at radius 1 is 1.62 bits per heavy atom. The monoisotopic (exact) mass is 240 g/mol. The fraction of sp³-hybridized carbons (Fsp3) is 0.222. The van der Waals surface area contributed by atoms with Crippen LogP contribution in [0.25, 0.3) is 5.65 Å². The Morgan fingerprint density at radius 2 is 2.38 bits per heavy atom. The number of hydrogen-bond acceptors (Lipinski definition) is 2. The van der Waals surface area contributed by atoms with Gasteiger partial charge in [-0.2, -0.15) is 0 Å². The minimum absolute atomic E-state index is 0.0110. The van der Waals surface area contributed by atoms with Crippen molar-refractivity contribution in [2.24, 2.45) is 0 Å². The fourth-order valence-electron chi connectivity index (χ4n) is 1.38. The van der Waals surface area contributed by atoms with E-state index in [2.05, 4.69) is 20.9 Å². The van der Waals surface area contributed by atoms with E-state index >= 15 is 0 Å². The molecule has 0 radical (unpaired) electrons. The van der Waals surface area contributed by atoms with Gasteiger partial charge < -0.3 is 9.51 Å². The van der Waals surface area contributed by atoms with E-state index in [1.807, 2.05) is 23.6 Å². The molecule has 2 heterocycles. The molecule has 0 unspecified atom stereocenters. The molecule has 0 saturated heterocycles. The van der Waals surface area contributed by atoms with Crippen molar-refractivity contribution in [3.63, 3.8) is 0 Å². The molecule has 1 N–H and O–H groups in total. The standard InChI is InChI=1S/C9H9BrN2O/c1-6-2-7(10)4-12-8(5-13)3-11-9(6)12/h2-4,13H,5H2,1H3. The highest BCUT2D eigenvalue weighted by molar-refractivity contribution is 9.10. The number of aliphatic hydroxyl groups excluding tert-OH is 1. The zero-order valence-corrected chi connectivity index (χ0v) is 8.74. The Morgan fingerprint density at radius 3 is 3.08 bits per heavy atom. The molecule has 0 aliphatic heterocycles. The topological polar surface area (TPSA) is 37.5 Å². The van der Waals surface area contributed by atoms with Crippen LogP contribution in [0.3, 0.4) is 0 Å². The van der Waals surface area contributed by atoms with E-state index in [9.17, 15) is 0 Å². The lowest BCUT2D eigenvalue weighted by Crippen LogP contribution is -1.93. The number of aromatic nitrogens is 2. The number of rotatable bonds is 1. The molecular weight excluding hydrogens is 232 g/mol. The molecule has 2 rings (SSSR count). The van der Waals surface area contributed by atoms with Crippen LogP contribution in [-0.2, 0) is 6.61 Å². The summed E-state index contributed by atoms with van der Waals surface area (Å²) in [5, 5.41) is 9.03. The van der Waals surface area contributed by atoms with Gasteiger partial charge in [-0.1, -0.05) is 0 Å². The summed E-state index contributed by atoms with van der Waals surface area (Å²) < 4.78 is 2.88. The minimum atomic E-state index is 0.0110. The molecular formula is C9H9BrN2O. The van der Waals surface area contributed by atoms with Crippen LogP contribution in [0.1, 0.15) is 11.3 Å². The largest absolute Gasteiger partial charge is 0.390 e. The van der Waals surface area contributed by atoms with Crippen molar-refractivity contribution in [3.05, 3.63) is 34.2 Å². The van der Waals surface area contributed by atoms with Crippen molar-refractivity contribution in [2.45, 2.75) is 13.5 Å². The molecule has 0 aliphatic rings. The number of hydrogen-bond donors (Lipinski definition) is 1. The molecule has 0 fully saturated rings. The number of aryl methyl sites for hydroxylation is 1. The maximum Gasteiger partial charge on any atom is 0.139 e. The molecule has 2 aromatic rings. The van der Waals surface area contributed by atoms with Gasteiger partial charge in [0.1, 0.15) is 5.65 Å². The Bertz CT molecular complexity index is 450. The second-order valence-electron chi connectivity index (χ2n) is 2.94. The van der Waals surface area contributed by atoms with E-state index in [4.69, 9.17) is 5.11 Å². The second-order valence-corrected chi connectivity index (χ2v) is 3.86. The summed E-state index contributed by atoms with van der Waals surface area (Å²) in [6.07, 6.45) is 3.59. The van der Waals surface area contributed by atoms with Gasteiger partial charge in [0.15, 0.2) is 0 Å². The summed E-state index contributed by atoms with van der Waals surface area (Å²) in [6.45, 7) is 2.01. The Labute approximate surface area is 84.2 Å².